The second-order valence-corrected chi connectivity index (χ2v) is 9.93. The molecule has 1 aliphatic rings. The first-order valence-electron chi connectivity index (χ1n) is 11.8. The van der Waals surface area contributed by atoms with Gasteiger partial charge in [0, 0.05) is 17.1 Å². The highest BCUT2D eigenvalue weighted by Crippen LogP contribution is 2.41. The number of benzene rings is 2. The van der Waals surface area contributed by atoms with E-state index in [4.69, 9.17) is 4.42 Å². The standard InChI is InChI=1S/C29H28N4O3S/c1-17-7-5-8-21(13-17)32-28(35)26-20(4)31-29(22(15-30)27(26)24-9-6-12-36-24)37-16-25(34)33-23-14-18(2)10-11-19(23)3/h5-14,27,31H,16H2,1-4H3,(H,32,35)(H,33,34)/t27-/m0/s1. The number of carbonyl (C=O) groups excluding carboxylic acids is 2. The highest BCUT2D eigenvalue weighted by molar-refractivity contribution is 8.03. The number of dihydropyridines is 1. The van der Waals surface area contributed by atoms with Crippen LogP contribution >= 0.6 is 11.8 Å². The Morgan fingerprint density at radius 1 is 1.03 bits per heavy atom. The van der Waals surface area contributed by atoms with Gasteiger partial charge in [-0.2, -0.15) is 5.26 Å². The minimum atomic E-state index is -0.712. The summed E-state index contributed by atoms with van der Waals surface area (Å²) in [7, 11) is 0. The minimum Gasteiger partial charge on any atom is -0.468 e. The normalized spacial score (nSPS) is 15.2. The monoisotopic (exact) mass is 512 g/mol. The molecular weight excluding hydrogens is 484 g/mol. The number of carbonyl (C=O) groups is 2. The van der Waals surface area contributed by atoms with Crippen molar-refractivity contribution in [3.8, 4) is 6.07 Å². The average Bonchev–Trinajstić information content (AvgIpc) is 3.39. The first kappa shape index (κ1) is 25.9. The van der Waals surface area contributed by atoms with Crippen LogP contribution in [0.1, 0.15) is 35.3 Å². The fourth-order valence-corrected chi connectivity index (χ4v) is 5.08. The Morgan fingerprint density at radius 2 is 1.81 bits per heavy atom. The molecule has 188 valence electrons. The van der Waals surface area contributed by atoms with E-state index in [1.54, 1.807) is 19.1 Å². The summed E-state index contributed by atoms with van der Waals surface area (Å²) in [4.78, 5) is 26.2. The van der Waals surface area contributed by atoms with Crippen LogP contribution in [0.4, 0.5) is 11.4 Å². The zero-order chi connectivity index (χ0) is 26.5. The molecule has 1 aliphatic heterocycles. The first-order valence-corrected chi connectivity index (χ1v) is 12.8. The van der Waals surface area contributed by atoms with Crippen molar-refractivity contribution in [2.45, 2.75) is 33.6 Å². The summed E-state index contributed by atoms with van der Waals surface area (Å²) in [5, 5.41) is 19.7. The predicted molar refractivity (Wildman–Crippen MR) is 147 cm³/mol. The fraction of sp³-hybridized carbons (Fsp3) is 0.207. The first-order chi connectivity index (χ1) is 17.8. The van der Waals surface area contributed by atoms with Gasteiger partial charge in [-0.15, -0.1) is 0 Å². The molecule has 0 spiro atoms. The molecule has 1 aromatic heterocycles. The number of rotatable bonds is 7. The second kappa shape index (κ2) is 11.2. The van der Waals surface area contributed by atoms with Crippen LogP contribution in [0.15, 0.2) is 87.1 Å². The third-order valence-electron chi connectivity index (χ3n) is 6.01. The third kappa shape index (κ3) is 5.96. The molecule has 0 bridgehead atoms. The topological polar surface area (TPSA) is 107 Å². The van der Waals surface area contributed by atoms with E-state index in [-0.39, 0.29) is 17.6 Å². The van der Waals surface area contributed by atoms with Crippen molar-refractivity contribution in [1.29, 1.82) is 5.26 Å². The number of aryl methyl sites for hydroxylation is 3. The predicted octanol–water partition coefficient (Wildman–Crippen LogP) is 5.91. The molecule has 2 aromatic carbocycles. The van der Waals surface area contributed by atoms with Crippen LogP contribution < -0.4 is 16.0 Å². The van der Waals surface area contributed by atoms with Crippen LogP contribution in [-0.2, 0) is 9.59 Å². The molecule has 0 unspecified atom stereocenters. The fourth-order valence-electron chi connectivity index (χ4n) is 4.18. The Kier molecular flexibility index (Phi) is 7.85. The molecule has 0 saturated carbocycles. The number of thioether (sulfide) groups is 1. The van der Waals surface area contributed by atoms with Gasteiger partial charge < -0.3 is 20.4 Å². The van der Waals surface area contributed by atoms with Crippen molar-refractivity contribution in [3.63, 3.8) is 0 Å². The lowest BCUT2D eigenvalue weighted by Crippen LogP contribution is -2.31. The van der Waals surface area contributed by atoms with Crippen molar-refractivity contribution in [3.05, 3.63) is 105 Å². The summed E-state index contributed by atoms with van der Waals surface area (Å²) in [6.07, 6.45) is 1.52. The van der Waals surface area contributed by atoms with Crippen LogP contribution in [0, 0.1) is 32.1 Å². The Bertz CT molecular complexity index is 1450. The van der Waals surface area contributed by atoms with E-state index >= 15 is 0 Å². The molecule has 0 radical (unpaired) electrons. The lowest BCUT2D eigenvalue weighted by molar-refractivity contribution is -0.114. The number of nitriles is 1. The van der Waals surface area contributed by atoms with Crippen LogP contribution in [-0.4, -0.2) is 17.6 Å². The van der Waals surface area contributed by atoms with E-state index in [2.05, 4.69) is 22.0 Å². The molecule has 7 nitrogen and oxygen atoms in total. The molecule has 2 amide bonds. The molecule has 0 aliphatic carbocycles. The van der Waals surface area contributed by atoms with E-state index in [0.29, 0.717) is 33.3 Å². The van der Waals surface area contributed by atoms with Gasteiger partial charge in [0.1, 0.15) is 5.76 Å². The number of furan rings is 1. The van der Waals surface area contributed by atoms with E-state index < -0.39 is 5.92 Å². The van der Waals surface area contributed by atoms with Crippen LogP contribution in [0.5, 0.6) is 0 Å². The maximum Gasteiger partial charge on any atom is 0.254 e. The lowest BCUT2D eigenvalue weighted by Gasteiger charge is -2.28. The molecule has 37 heavy (non-hydrogen) atoms. The van der Waals surface area contributed by atoms with E-state index in [0.717, 1.165) is 22.4 Å². The van der Waals surface area contributed by atoms with Gasteiger partial charge in [-0.1, -0.05) is 36.0 Å². The summed E-state index contributed by atoms with van der Waals surface area (Å²) >= 11 is 1.22. The Hall–Kier alpha value is -4.22. The highest BCUT2D eigenvalue weighted by atomic mass is 32.2. The van der Waals surface area contributed by atoms with E-state index in [9.17, 15) is 14.9 Å². The molecule has 2 heterocycles. The SMILES string of the molecule is CC1=C(C(=O)Nc2cccc(C)c2)[C@H](c2ccco2)C(C#N)=C(SCC(=O)Nc2cc(C)ccc2C)N1. The maximum atomic E-state index is 13.4. The molecule has 3 N–H and O–H groups in total. The van der Waals surface area contributed by atoms with Crippen molar-refractivity contribution in [2.24, 2.45) is 0 Å². The third-order valence-corrected chi connectivity index (χ3v) is 7.03. The van der Waals surface area contributed by atoms with Crippen molar-refractivity contribution < 1.29 is 14.0 Å². The number of allylic oxidation sites excluding steroid dienone is 2. The Balaban J connectivity index is 1.58. The minimum absolute atomic E-state index is 0.0872. The highest BCUT2D eigenvalue weighted by Gasteiger charge is 2.36. The molecule has 8 heteroatoms. The van der Waals surface area contributed by atoms with Gasteiger partial charge in [-0.25, -0.2) is 0 Å². The number of hydrogen-bond acceptors (Lipinski definition) is 6. The summed E-state index contributed by atoms with van der Waals surface area (Å²) in [6, 6.07) is 19.1. The second-order valence-electron chi connectivity index (χ2n) is 8.95. The van der Waals surface area contributed by atoms with Gasteiger partial charge >= 0.3 is 0 Å². The smallest absolute Gasteiger partial charge is 0.254 e. The van der Waals surface area contributed by atoms with Crippen LogP contribution in [0.3, 0.4) is 0 Å². The number of nitrogens with zero attached hydrogens (tertiary/aromatic N) is 1. The average molecular weight is 513 g/mol. The van der Waals surface area contributed by atoms with Gasteiger partial charge in [0.2, 0.25) is 5.91 Å². The number of anilines is 2. The quantitative estimate of drug-likeness (QED) is 0.363. The van der Waals surface area contributed by atoms with Crippen LogP contribution in [0.2, 0.25) is 0 Å². The molecule has 3 aromatic rings. The zero-order valence-electron chi connectivity index (χ0n) is 21.1. The largest absolute Gasteiger partial charge is 0.468 e. The zero-order valence-corrected chi connectivity index (χ0v) is 22.0. The van der Waals surface area contributed by atoms with E-state index in [1.165, 1.54) is 18.0 Å². The molecule has 0 saturated heterocycles. The maximum absolute atomic E-state index is 13.4. The number of amides is 2. The Labute approximate surface area is 220 Å². The Morgan fingerprint density at radius 3 is 2.51 bits per heavy atom. The summed E-state index contributed by atoms with van der Waals surface area (Å²) in [5.74, 6) is -0.671. The molecular formula is C29H28N4O3S. The van der Waals surface area contributed by atoms with Crippen molar-refractivity contribution >= 4 is 35.0 Å². The molecule has 4 rings (SSSR count). The lowest BCUT2D eigenvalue weighted by atomic mass is 9.85. The molecule has 1 atom stereocenters. The van der Waals surface area contributed by atoms with E-state index in [1.807, 2.05) is 63.2 Å². The van der Waals surface area contributed by atoms with Gasteiger partial charge in [0.05, 0.1) is 40.2 Å². The van der Waals surface area contributed by atoms with Gasteiger partial charge in [-0.05, 0) is 74.7 Å². The van der Waals surface area contributed by atoms with Crippen LogP contribution in [0.25, 0.3) is 0 Å². The summed E-state index contributed by atoms with van der Waals surface area (Å²) in [5.41, 5.74) is 5.75. The molecule has 0 fully saturated rings. The van der Waals surface area contributed by atoms with Crippen molar-refractivity contribution in [1.82, 2.24) is 5.32 Å². The van der Waals surface area contributed by atoms with Gasteiger partial charge in [0.15, 0.2) is 0 Å². The van der Waals surface area contributed by atoms with Crippen molar-refractivity contribution in [2.75, 3.05) is 16.4 Å². The summed E-state index contributed by atoms with van der Waals surface area (Å²) < 4.78 is 5.66. The van der Waals surface area contributed by atoms with Gasteiger partial charge in [-0.3, -0.25) is 9.59 Å². The number of nitrogens with one attached hydrogen (secondary N) is 3. The number of hydrogen-bond donors (Lipinski definition) is 3. The van der Waals surface area contributed by atoms with Gasteiger partial charge in [0.25, 0.3) is 5.91 Å². The summed E-state index contributed by atoms with van der Waals surface area (Å²) in [6.45, 7) is 7.64.